The first-order chi connectivity index (χ1) is 8.72. The molecule has 1 fully saturated rings. The highest BCUT2D eigenvalue weighted by Gasteiger charge is 2.47. The first-order valence-corrected chi connectivity index (χ1v) is 6.59. The SMILES string of the molecule is Cc1ccc(C2(O)CCCC(C(F)(F)F)C2)cc1C. The van der Waals surface area contributed by atoms with E-state index in [0.29, 0.717) is 18.4 Å². The summed E-state index contributed by atoms with van der Waals surface area (Å²) in [5.41, 5.74) is 1.36. The van der Waals surface area contributed by atoms with Crippen LogP contribution in [0.4, 0.5) is 13.2 Å². The summed E-state index contributed by atoms with van der Waals surface area (Å²) in [6.07, 6.45) is -3.50. The monoisotopic (exact) mass is 272 g/mol. The number of aryl methyl sites for hydroxylation is 2. The van der Waals surface area contributed by atoms with Crippen LogP contribution in [0.15, 0.2) is 18.2 Å². The molecule has 1 aliphatic carbocycles. The smallest absolute Gasteiger partial charge is 0.385 e. The molecule has 1 N–H and O–H groups in total. The summed E-state index contributed by atoms with van der Waals surface area (Å²) in [6, 6.07) is 5.43. The molecule has 1 nitrogen and oxygen atoms in total. The van der Waals surface area contributed by atoms with Crippen LogP contribution in [0.2, 0.25) is 0 Å². The lowest BCUT2D eigenvalue weighted by Crippen LogP contribution is -2.38. The van der Waals surface area contributed by atoms with Gasteiger partial charge in [-0.25, -0.2) is 0 Å². The molecule has 0 aromatic heterocycles. The molecule has 2 atom stereocenters. The van der Waals surface area contributed by atoms with Gasteiger partial charge >= 0.3 is 6.18 Å². The van der Waals surface area contributed by atoms with Crippen molar-refractivity contribution < 1.29 is 18.3 Å². The van der Waals surface area contributed by atoms with Gasteiger partial charge in [0, 0.05) is 0 Å². The fourth-order valence-electron chi connectivity index (χ4n) is 2.83. The second kappa shape index (κ2) is 4.82. The van der Waals surface area contributed by atoms with Gasteiger partial charge in [-0.2, -0.15) is 13.2 Å². The molecular weight excluding hydrogens is 253 g/mol. The largest absolute Gasteiger partial charge is 0.391 e. The van der Waals surface area contributed by atoms with E-state index in [9.17, 15) is 18.3 Å². The van der Waals surface area contributed by atoms with Crippen molar-refractivity contribution >= 4 is 0 Å². The van der Waals surface area contributed by atoms with Crippen molar-refractivity contribution in [3.63, 3.8) is 0 Å². The molecule has 0 amide bonds. The molecule has 1 aliphatic rings. The summed E-state index contributed by atoms with van der Waals surface area (Å²) in [5.74, 6) is -1.40. The zero-order valence-electron chi connectivity index (χ0n) is 11.2. The maximum atomic E-state index is 12.8. The zero-order valence-corrected chi connectivity index (χ0v) is 11.2. The van der Waals surface area contributed by atoms with Gasteiger partial charge in [-0.15, -0.1) is 0 Å². The average Bonchev–Trinajstić information content (AvgIpc) is 2.31. The van der Waals surface area contributed by atoms with Crippen LogP contribution >= 0.6 is 0 Å². The van der Waals surface area contributed by atoms with Crippen molar-refractivity contribution in [2.45, 2.75) is 51.3 Å². The Balaban J connectivity index is 2.28. The van der Waals surface area contributed by atoms with Crippen LogP contribution in [0.3, 0.4) is 0 Å². The number of rotatable bonds is 1. The van der Waals surface area contributed by atoms with Gasteiger partial charge in [0.15, 0.2) is 0 Å². The zero-order chi connectivity index (χ0) is 14.3. The quantitative estimate of drug-likeness (QED) is 0.810. The molecule has 2 unspecified atom stereocenters. The maximum Gasteiger partial charge on any atom is 0.391 e. The van der Waals surface area contributed by atoms with Gasteiger partial charge in [-0.1, -0.05) is 18.2 Å². The van der Waals surface area contributed by atoms with Gasteiger partial charge in [-0.05, 0) is 56.2 Å². The Bertz CT molecular complexity index is 467. The highest BCUT2D eigenvalue weighted by molar-refractivity contribution is 5.33. The molecule has 0 heterocycles. The fraction of sp³-hybridized carbons (Fsp3) is 0.600. The molecule has 0 radical (unpaired) electrons. The molecule has 1 aromatic carbocycles. The van der Waals surface area contributed by atoms with Gasteiger partial charge in [0.2, 0.25) is 0 Å². The van der Waals surface area contributed by atoms with Crippen LogP contribution in [0, 0.1) is 19.8 Å². The third-order valence-electron chi connectivity index (χ3n) is 4.23. The Labute approximate surface area is 111 Å². The third kappa shape index (κ3) is 2.94. The Morgan fingerprint density at radius 2 is 1.89 bits per heavy atom. The van der Waals surface area contributed by atoms with Crippen LogP contribution < -0.4 is 0 Å². The summed E-state index contributed by atoms with van der Waals surface area (Å²) in [5, 5.41) is 10.6. The molecule has 1 saturated carbocycles. The maximum absolute atomic E-state index is 12.8. The summed E-state index contributed by atoms with van der Waals surface area (Å²) in [4.78, 5) is 0. The normalized spacial score (nSPS) is 28.4. The van der Waals surface area contributed by atoms with Crippen molar-refractivity contribution in [3.8, 4) is 0 Å². The van der Waals surface area contributed by atoms with Gasteiger partial charge in [0.05, 0.1) is 11.5 Å². The highest BCUT2D eigenvalue weighted by atomic mass is 19.4. The third-order valence-corrected chi connectivity index (χ3v) is 4.23. The van der Waals surface area contributed by atoms with Gasteiger partial charge in [0.1, 0.15) is 0 Å². The predicted octanol–water partition coefficient (Wildman–Crippen LogP) is 4.24. The van der Waals surface area contributed by atoms with Crippen LogP contribution in [0.5, 0.6) is 0 Å². The molecule has 4 heteroatoms. The Kier molecular flexibility index (Phi) is 3.65. The predicted molar refractivity (Wildman–Crippen MR) is 67.8 cm³/mol. The van der Waals surface area contributed by atoms with E-state index in [1.54, 1.807) is 6.07 Å². The fourth-order valence-corrected chi connectivity index (χ4v) is 2.83. The second-order valence-corrected chi connectivity index (χ2v) is 5.67. The Morgan fingerprint density at radius 3 is 2.47 bits per heavy atom. The van der Waals surface area contributed by atoms with Crippen LogP contribution in [0.1, 0.15) is 42.4 Å². The lowest BCUT2D eigenvalue weighted by molar-refractivity contribution is -0.201. The molecule has 1 aromatic rings. The van der Waals surface area contributed by atoms with E-state index in [0.717, 1.165) is 11.1 Å². The molecular formula is C15H19F3O. The summed E-state index contributed by atoms with van der Waals surface area (Å²) < 4.78 is 38.5. The lowest BCUT2D eigenvalue weighted by Gasteiger charge is -2.38. The minimum atomic E-state index is -4.21. The molecule has 19 heavy (non-hydrogen) atoms. The van der Waals surface area contributed by atoms with E-state index in [2.05, 4.69) is 0 Å². The minimum Gasteiger partial charge on any atom is -0.385 e. The van der Waals surface area contributed by atoms with E-state index in [1.165, 1.54) is 0 Å². The van der Waals surface area contributed by atoms with Crippen molar-refractivity contribution in [2.75, 3.05) is 0 Å². The molecule has 0 spiro atoms. The van der Waals surface area contributed by atoms with Crippen LogP contribution in [-0.4, -0.2) is 11.3 Å². The second-order valence-electron chi connectivity index (χ2n) is 5.67. The number of hydrogen-bond donors (Lipinski definition) is 1. The summed E-state index contributed by atoms with van der Waals surface area (Å²) in [6.45, 7) is 3.86. The molecule has 0 aliphatic heterocycles. The van der Waals surface area contributed by atoms with E-state index >= 15 is 0 Å². The first kappa shape index (κ1) is 14.4. The van der Waals surface area contributed by atoms with Crippen LogP contribution in [-0.2, 0) is 5.60 Å². The number of aliphatic hydroxyl groups is 1. The van der Waals surface area contributed by atoms with Crippen LogP contribution in [0.25, 0.3) is 0 Å². The molecule has 0 bridgehead atoms. The van der Waals surface area contributed by atoms with Crippen molar-refractivity contribution in [2.24, 2.45) is 5.92 Å². The minimum absolute atomic E-state index is 0.122. The molecule has 0 saturated heterocycles. The highest BCUT2D eigenvalue weighted by Crippen LogP contribution is 2.46. The van der Waals surface area contributed by atoms with Gasteiger partial charge < -0.3 is 5.11 Å². The van der Waals surface area contributed by atoms with Crippen molar-refractivity contribution in [3.05, 3.63) is 34.9 Å². The number of hydrogen-bond acceptors (Lipinski definition) is 1. The Morgan fingerprint density at radius 1 is 1.21 bits per heavy atom. The van der Waals surface area contributed by atoms with E-state index < -0.39 is 17.7 Å². The van der Waals surface area contributed by atoms with Gasteiger partial charge in [-0.3, -0.25) is 0 Å². The topological polar surface area (TPSA) is 20.2 Å². The standard InChI is InChI=1S/C15H19F3O/c1-10-5-6-12(8-11(10)2)14(19)7-3-4-13(9-14)15(16,17)18/h5-6,8,13,19H,3-4,7,9H2,1-2H3. The number of benzene rings is 1. The number of alkyl halides is 3. The first-order valence-electron chi connectivity index (χ1n) is 6.59. The van der Waals surface area contributed by atoms with Crippen molar-refractivity contribution in [1.82, 2.24) is 0 Å². The molecule has 106 valence electrons. The Hall–Kier alpha value is -1.03. The average molecular weight is 272 g/mol. The van der Waals surface area contributed by atoms with E-state index in [1.807, 2.05) is 26.0 Å². The van der Waals surface area contributed by atoms with E-state index in [4.69, 9.17) is 0 Å². The lowest BCUT2D eigenvalue weighted by atomic mass is 9.74. The summed E-state index contributed by atoms with van der Waals surface area (Å²) >= 11 is 0. The number of halogens is 3. The summed E-state index contributed by atoms with van der Waals surface area (Å²) in [7, 11) is 0. The van der Waals surface area contributed by atoms with Crippen molar-refractivity contribution in [1.29, 1.82) is 0 Å². The van der Waals surface area contributed by atoms with E-state index in [-0.39, 0.29) is 12.8 Å². The molecule has 2 rings (SSSR count). The van der Waals surface area contributed by atoms with Gasteiger partial charge in [0.25, 0.3) is 0 Å².